The number of amides is 1. The smallest absolute Gasteiger partial charge is 0.326 e. The molecule has 3 N–H and O–H groups in total. The van der Waals surface area contributed by atoms with Crippen LogP contribution in [0.4, 0.5) is 0 Å². The molecule has 0 saturated carbocycles. The third-order valence-corrected chi connectivity index (χ3v) is 2.95. The van der Waals surface area contributed by atoms with Gasteiger partial charge in [-0.2, -0.15) is 5.21 Å². The van der Waals surface area contributed by atoms with E-state index in [9.17, 15) is 9.59 Å². The zero-order valence-electron chi connectivity index (χ0n) is 11.6. The van der Waals surface area contributed by atoms with Gasteiger partial charge in [0, 0.05) is 11.1 Å². The van der Waals surface area contributed by atoms with Crippen molar-refractivity contribution in [1.82, 2.24) is 25.9 Å². The minimum absolute atomic E-state index is 0.216. The number of nitrogens with one attached hydrogen (secondary N) is 2. The molecule has 1 heterocycles. The average molecular weight is 289 g/mol. The second kappa shape index (κ2) is 6.12. The summed E-state index contributed by atoms with van der Waals surface area (Å²) >= 11 is 0. The number of aromatic nitrogens is 4. The van der Waals surface area contributed by atoms with E-state index in [0.29, 0.717) is 17.0 Å². The van der Waals surface area contributed by atoms with E-state index in [2.05, 4.69) is 25.9 Å². The van der Waals surface area contributed by atoms with Gasteiger partial charge in [0.05, 0.1) is 0 Å². The number of nitrogens with zero attached hydrogens (tertiary/aromatic N) is 3. The number of hydrogen-bond donors (Lipinski definition) is 3. The SMILES string of the molecule is CC(C)C(NC(=O)c1cccc(-c2nn[nH]n2)c1)C(=O)O. The molecule has 0 radical (unpaired) electrons. The normalized spacial score (nSPS) is 12.1. The molecule has 8 nitrogen and oxygen atoms in total. The molecule has 0 fully saturated rings. The highest BCUT2D eigenvalue weighted by molar-refractivity contribution is 5.97. The third kappa shape index (κ3) is 3.41. The van der Waals surface area contributed by atoms with Crippen molar-refractivity contribution in [2.24, 2.45) is 5.92 Å². The summed E-state index contributed by atoms with van der Waals surface area (Å²) in [6.45, 7) is 3.46. The summed E-state index contributed by atoms with van der Waals surface area (Å²) in [6, 6.07) is 5.65. The number of aromatic amines is 1. The maximum atomic E-state index is 12.1. The van der Waals surface area contributed by atoms with E-state index >= 15 is 0 Å². The van der Waals surface area contributed by atoms with Crippen LogP contribution in [0, 0.1) is 5.92 Å². The minimum Gasteiger partial charge on any atom is -0.480 e. The van der Waals surface area contributed by atoms with Gasteiger partial charge in [0.1, 0.15) is 6.04 Å². The van der Waals surface area contributed by atoms with Crippen molar-refractivity contribution in [3.05, 3.63) is 29.8 Å². The van der Waals surface area contributed by atoms with Gasteiger partial charge in [-0.1, -0.05) is 26.0 Å². The van der Waals surface area contributed by atoms with Gasteiger partial charge in [-0.05, 0) is 23.3 Å². The van der Waals surface area contributed by atoms with Gasteiger partial charge < -0.3 is 10.4 Å². The summed E-state index contributed by atoms with van der Waals surface area (Å²) < 4.78 is 0. The van der Waals surface area contributed by atoms with Gasteiger partial charge in [-0.25, -0.2) is 4.79 Å². The van der Waals surface area contributed by atoms with Gasteiger partial charge in [0.2, 0.25) is 5.82 Å². The topological polar surface area (TPSA) is 121 Å². The fraction of sp³-hybridized carbons (Fsp3) is 0.308. The Morgan fingerprint density at radius 3 is 2.67 bits per heavy atom. The number of carbonyl (C=O) groups excluding carboxylic acids is 1. The molecule has 1 aromatic heterocycles. The quantitative estimate of drug-likeness (QED) is 0.745. The maximum absolute atomic E-state index is 12.1. The van der Waals surface area contributed by atoms with Crippen LogP contribution in [0.1, 0.15) is 24.2 Å². The Balaban J connectivity index is 2.20. The van der Waals surface area contributed by atoms with E-state index in [1.165, 1.54) is 0 Å². The van der Waals surface area contributed by atoms with Crippen LogP contribution >= 0.6 is 0 Å². The number of carboxylic acids is 1. The number of carbonyl (C=O) groups is 2. The molecule has 0 spiro atoms. The molecule has 8 heteroatoms. The van der Waals surface area contributed by atoms with Crippen molar-refractivity contribution >= 4 is 11.9 Å². The van der Waals surface area contributed by atoms with Gasteiger partial charge >= 0.3 is 5.97 Å². The average Bonchev–Trinajstić information content (AvgIpc) is 2.98. The third-order valence-electron chi connectivity index (χ3n) is 2.95. The number of tetrazole rings is 1. The summed E-state index contributed by atoms with van der Waals surface area (Å²) in [5.41, 5.74) is 0.956. The summed E-state index contributed by atoms with van der Waals surface area (Å²) in [6.07, 6.45) is 0. The number of carboxylic acid groups (broad SMARTS) is 1. The highest BCUT2D eigenvalue weighted by Gasteiger charge is 2.24. The number of H-pyrrole nitrogens is 1. The van der Waals surface area contributed by atoms with Crippen LogP contribution in [0.5, 0.6) is 0 Å². The van der Waals surface area contributed by atoms with Crippen LogP contribution < -0.4 is 5.32 Å². The number of aliphatic carboxylic acids is 1. The zero-order chi connectivity index (χ0) is 15.4. The van der Waals surface area contributed by atoms with Crippen molar-refractivity contribution in [3.63, 3.8) is 0 Å². The second-order valence-corrected chi connectivity index (χ2v) is 4.85. The molecule has 110 valence electrons. The lowest BCUT2D eigenvalue weighted by molar-refractivity contribution is -0.140. The first-order chi connectivity index (χ1) is 9.99. The molecule has 0 saturated heterocycles. The molecule has 21 heavy (non-hydrogen) atoms. The first kappa shape index (κ1) is 14.6. The van der Waals surface area contributed by atoms with Crippen LogP contribution in [-0.2, 0) is 4.79 Å². The van der Waals surface area contributed by atoms with Crippen molar-refractivity contribution in [2.45, 2.75) is 19.9 Å². The number of benzene rings is 1. The largest absolute Gasteiger partial charge is 0.480 e. The van der Waals surface area contributed by atoms with Gasteiger partial charge in [0.15, 0.2) is 0 Å². The molecule has 2 rings (SSSR count). The highest BCUT2D eigenvalue weighted by atomic mass is 16.4. The molecule has 0 bridgehead atoms. The molecule has 1 amide bonds. The molecule has 2 aromatic rings. The Kier molecular flexibility index (Phi) is 4.27. The van der Waals surface area contributed by atoms with E-state index in [-0.39, 0.29) is 5.92 Å². The van der Waals surface area contributed by atoms with Crippen molar-refractivity contribution in [3.8, 4) is 11.4 Å². The Hall–Kier alpha value is -2.77. The van der Waals surface area contributed by atoms with Crippen molar-refractivity contribution < 1.29 is 14.7 Å². The second-order valence-electron chi connectivity index (χ2n) is 4.85. The Bertz CT molecular complexity index is 639. The highest BCUT2D eigenvalue weighted by Crippen LogP contribution is 2.15. The Morgan fingerprint density at radius 2 is 2.10 bits per heavy atom. The standard InChI is InChI=1S/C13H15N5O3/c1-7(2)10(13(20)21)14-12(19)9-5-3-4-8(6-9)11-15-17-18-16-11/h3-7,10H,1-2H3,(H,14,19)(H,20,21)(H,15,16,17,18). The summed E-state index contributed by atoms with van der Waals surface area (Å²) in [5.74, 6) is -1.37. The van der Waals surface area contributed by atoms with E-state index < -0.39 is 17.9 Å². The van der Waals surface area contributed by atoms with E-state index in [1.54, 1.807) is 38.1 Å². The summed E-state index contributed by atoms with van der Waals surface area (Å²) in [7, 11) is 0. The molecular formula is C13H15N5O3. The Morgan fingerprint density at radius 1 is 1.33 bits per heavy atom. The molecule has 0 aliphatic heterocycles. The van der Waals surface area contributed by atoms with Crippen molar-refractivity contribution in [2.75, 3.05) is 0 Å². The Labute approximate surface area is 120 Å². The van der Waals surface area contributed by atoms with Gasteiger partial charge in [-0.15, -0.1) is 10.2 Å². The zero-order valence-corrected chi connectivity index (χ0v) is 11.6. The molecule has 1 atom stereocenters. The first-order valence-electron chi connectivity index (χ1n) is 6.36. The molecule has 1 unspecified atom stereocenters. The van der Waals surface area contributed by atoms with Crippen LogP contribution in [0.2, 0.25) is 0 Å². The fourth-order valence-electron chi connectivity index (χ4n) is 1.82. The maximum Gasteiger partial charge on any atom is 0.326 e. The van der Waals surface area contributed by atoms with E-state index in [1.807, 2.05) is 0 Å². The lowest BCUT2D eigenvalue weighted by atomic mass is 10.0. The lowest BCUT2D eigenvalue weighted by Gasteiger charge is -2.17. The molecule has 1 aromatic carbocycles. The van der Waals surface area contributed by atoms with E-state index in [0.717, 1.165) is 0 Å². The van der Waals surface area contributed by atoms with Crippen LogP contribution in [0.3, 0.4) is 0 Å². The predicted octanol–water partition coefficient (Wildman–Crippen LogP) is 0.706. The molecular weight excluding hydrogens is 274 g/mol. The van der Waals surface area contributed by atoms with Crippen LogP contribution in [-0.4, -0.2) is 43.6 Å². The summed E-state index contributed by atoms with van der Waals surface area (Å²) in [5, 5.41) is 25.0. The van der Waals surface area contributed by atoms with Crippen LogP contribution in [0.25, 0.3) is 11.4 Å². The predicted molar refractivity (Wildman–Crippen MR) is 73.3 cm³/mol. The molecule has 0 aliphatic carbocycles. The van der Waals surface area contributed by atoms with Gasteiger partial charge in [-0.3, -0.25) is 4.79 Å². The fourth-order valence-corrected chi connectivity index (χ4v) is 1.82. The number of rotatable bonds is 5. The molecule has 0 aliphatic rings. The monoisotopic (exact) mass is 289 g/mol. The summed E-state index contributed by atoms with van der Waals surface area (Å²) in [4.78, 5) is 23.3. The minimum atomic E-state index is -1.06. The van der Waals surface area contributed by atoms with E-state index in [4.69, 9.17) is 5.11 Å². The van der Waals surface area contributed by atoms with Crippen LogP contribution in [0.15, 0.2) is 24.3 Å². The number of hydrogen-bond acceptors (Lipinski definition) is 5. The van der Waals surface area contributed by atoms with Crippen molar-refractivity contribution in [1.29, 1.82) is 0 Å². The van der Waals surface area contributed by atoms with Gasteiger partial charge in [0.25, 0.3) is 5.91 Å². The first-order valence-corrected chi connectivity index (χ1v) is 6.36. The lowest BCUT2D eigenvalue weighted by Crippen LogP contribution is -2.44.